The van der Waals surface area contributed by atoms with Gasteiger partial charge in [0.1, 0.15) is 0 Å². The van der Waals surface area contributed by atoms with Crippen LogP contribution in [0.1, 0.15) is 42.9 Å². The quantitative estimate of drug-likeness (QED) is 0.664. The molecule has 1 spiro atoms. The molecular formula is C16H25N3OS. The highest BCUT2D eigenvalue weighted by atomic mass is 32.2. The van der Waals surface area contributed by atoms with Crippen molar-refractivity contribution in [3.63, 3.8) is 0 Å². The number of rotatable bonds is 3. The van der Waals surface area contributed by atoms with Crippen molar-refractivity contribution < 1.29 is 4.74 Å². The number of thioether (sulfide) groups is 1. The van der Waals surface area contributed by atoms with Crippen LogP contribution in [0.4, 0.5) is 0 Å². The van der Waals surface area contributed by atoms with E-state index in [1.807, 2.05) is 24.2 Å². The molecule has 2 saturated heterocycles. The minimum atomic E-state index is 0.0977. The SMILES string of the molecule is Cc1cncc(C(NN)C2CCOC3(CCSCC3)C2)c1. The number of aryl methyl sites for hydroxylation is 1. The summed E-state index contributed by atoms with van der Waals surface area (Å²) in [6.45, 7) is 2.93. The van der Waals surface area contributed by atoms with Crippen molar-refractivity contribution >= 4 is 11.8 Å². The first-order valence-electron chi connectivity index (χ1n) is 7.82. The molecule has 0 saturated carbocycles. The van der Waals surface area contributed by atoms with E-state index < -0.39 is 0 Å². The number of nitrogens with two attached hydrogens (primary N) is 1. The van der Waals surface area contributed by atoms with Gasteiger partial charge in [-0.15, -0.1) is 0 Å². The molecule has 0 bridgehead atoms. The Kier molecular flexibility index (Phi) is 4.84. The molecule has 3 N–H and O–H groups in total. The zero-order valence-corrected chi connectivity index (χ0v) is 13.5. The van der Waals surface area contributed by atoms with Crippen molar-refractivity contribution in [1.82, 2.24) is 10.4 Å². The number of pyridine rings is 1. The zero-order chi connectivity index (χ0) is 14.7. The maximum Gasteiger partial charge on any atom is 0.0701 e. The average molecular weight is 307 g/mol. The second-order valence-electron chi connectivity index (χ2n) is 6.34. The van der Waals surface area contributed by atoms with Crippen molar-refractivity contribution in [3.05, 3.63) is 29.6 Å². The van der Waals surface area contributed by atoms with Crippen LogP contribution in [0.3, 0.4) is 0 Å². The van der Waals surface area contributed by atoms with E-state index >= 15 is 0 Å². The third kappa shape index (κ3) is 3.42. The van der Waals surface area contributed by atoms with Crippen LogP contribution in [0.2, 0.25) is 0 Å². The Morgan fingerprint density at radius 1 is 1.43 bits per heavy atom. The standard InChI is InChI=1S/C16H25N3OS/c1-12-8-14(11-18-10-12)15(19-17)13-2-5-20-16(9-13)3-6-21-7-4-16/h8,10-11,13,15,19H,2-7,9,17H2,1H3. The van der Waals surface area contributed by atoms with E-state index in [1.54, 1.807) is 0 Å². The Bertz CT molecular complexity index is 471. The van der Waals surface area contributed by atoms with Crippen molar-refractivity contribution in [2.45, 2.75) is 44.2 Å². The topological polar surface area (TPSA) is 60.2 Å². The number of hydrazine groups is 1. The molecule has 4 nitrogen and oxygen atoms in total. The minimum Gasteiger partial charge on any atom is -0.375 e. The molecule has 0 amide bonds. The summed E-state index contributed by atoms with van der Waals surface area (Å²) in [5.41, 5.74) is 5.52. The summed E-state index contributed by atoms with van der Waals surface area (Å²) in [5, 5.41) is 0. The van der Waals surface area contributed by atoms with Crippen LogP contribution in [0.5, 0.6) is 0 Å². The summed E-state index contributed by atoms with van der Waals surface area (Å²) < 4.78 is 6.19. The van der Waals surface area contributed by atoms with Crippen molar-refractivity contribution in [2.75, 3.05) is 18.1 Å². The molecular weight excluding hydrogens is 282 g/mol. The summed E-state index contributed by atoms with van der Waals surface area (Å²) in [6.07, 6.45) is 8.36. The zero-order valence-electron chi connectivity index (χ0n) is 12.7. The molecule has 2 aliphatic heterocycles. The Balaban J connectivity index is 1.77. The number of aromatic nitrogens is 1. The minimum absolute atomic E-state index is 0.0977. The number of hydrogen-bond donors (Lipinski definition) is 2. The molecule has 0 aliphatic carbocycles. The summed E-state index contributed by atoms with van der Waals surface area (Å²) in [6, 6.07) is 2.36. The van der Waals surface area contributed by atoms with Gasteiger partial charge in [0.25, 0.3) is 0 Å². The number of hydrogen-bond acceptors (Lipinski definition) is 5. The van der Waals surface area contributed by atoms with Crippen LogP contribution in [-0.4, -0.2) is 28.7 Å². The van der Waals surface area contributed by atoms with Crippen molar-refractivity contribution in [3.8, 4) is 0 Å². The van der Waals surface area contributed by atoms with Crippen molar-refractivity contribution in [2.24, 2.45) is 11.8 Å². The van der Waals surface area contributed by atoms with Gasteiger partial charge in [-0.05, 0) is 61.2 Å². The van der Waals surface area contributed by atoms with Gasteiger partial charge in [0, 0.05) is 19.0 Å². The molecule has 21 heavy (non-hydrogen) atoms. The van der Waals surface area contributed by atoms with Crippen LogP contribution in [0.25, 0.3) is 0 Å². The first-order chi connectivity index (χ1) is 10.2. The predicted molar refractivity (Wildman–Crippen MR) is 87.0 cm³/mol. The molecule has 0 aromatic carbocycles. The lowest BCUT2D eigenvalue weighted by Crippen LogP contribution is -2.46. The maximum absolute atomic E-state index is 6.19. The molecule has 2 aliphatic rings. The number of ether oxygens (including phenoxy) is 1. The molecule has 116 valence electrons. The largest absolute Gasteiger partial charge is 0.375 e. The van der Waals surface area contributed by atoms with Crippen LogP contribution in [-0.2, 0) is 4.74 Å². The van der Waals surface area contributed by atoms with Gasteiger partial charge < -0.3 is 4.74 Å². The van der Waals surface area contributed by atoms with Gasteiger partial charge in [-0.25, -0.2) is 0 Å². The monoisotopic (exact) mass is 307 g/mol. The van der Waals surface area contributed by atoms with Gasteiger partial charge in [0.15, 0.2) is 0 Å². The van der Waals surface area contributed by atoms with E-state index in [-0.39, 0.29) is 11.6 Å². The van der Waals surface area contributed by atoms with Gasteiger partial charge in [0.2, 0.25) is 0 Å². The Morgan fingerprint density at radius 2 is 2.24 bits per heavy atom. The van der Waals surface area contributed by atoms with Gasteiger partial charge in [-0.2, -0.15) is 11.8 Å². The average Bonchev–Trinajstić information content (AvgIpc) is 2.49. The molecule has 2 atom stereocenters. The lowest BCUT2D eigenvalue weighted by molar-refractivity contribution is -0.107. The van der Waals surface area contributed by atoms with E-state index in [0.717, 1.165) is 19.4 Å². The second kappa shape index (κ2) is 6.65. The van der Waals surface area contributed by atoms with E-state index in [1.165, 1.54) is 35.5 Å². The molecule has 1 aromatic rings. The molecule has 2 unspecified atom stereocenters. The van der Waals surface area contributed by atoms with Gasteiger partial charge in [0.05, 0.1) is 11.6 Å². The Morgan fingerprint density at radius 3 is 2.95 bits per heavy atom. The van der Waals surface area contributed by atoms with Crippen LogP contribution in [0.15, 0.2) is 18.5 Å². The smallest absolute Gasteiger partial charge is 0.0701 e. The molecule has 3 heterocycles. The molecule has 3 rings (SSSR count). The second-order valence-corrected chi connectivity index (χ2v) is 7.56. The molecule has 0 radical (unpaired) electrons. The first kappa shape index (κ1) is 15.3. The third-order valence-corrected chi connectivity index (χ3v) is 5.83. The van der Waals surface area contributed by atoms with Gasteiger partial charge >= 0.3 is 0 Å². The lowest BCUT2D eigenvalue weighted by Gasteiger charge is -2.45. The maximum atomic E-state index is 6.19. The van der Waals surface area contributed by atoms with E-state index in [2.05, 4.69) is 23.4 Å². The summed E-state index contributed by atoms with van der Waals surface area (Å²) >= 11 is 2.05. The number of nitrogens with one attached hydrogen (secondary N) is 1. The highest BCUT2D eigenvalue weighted by Crippen LogP contribution is 2.43. The normalized spacial score (nSPS) is 26.7. The van der Waals surface area contributed by atoms with E-state index in [4.69, 9.17) is 10.6 Å². The Labute approximate surface area is 131 Å². The fourth-order valence-corrected chi connectivity index (χ4v) is 4.93. The van der Waals surface area contributed by atoms with E-state index in [0.29, 0.717) is 5.92 Å². The summed E-state index contributed by atoms with van der Waals surface area (Å²) in [5.74, 6) is 8.85. The van der Waals surface area contributed by atoms with Crippen LogP contribution in [0, 0.1) is 12.8 Å². The Hall–Kier alpha value is -0.620. The van der Waals surface area contributed by atoms with Gasteiger partial charge in [-0.3, -0.25) is 16.3 Å². The summed E-state index contributed by atoms with van der Waals surface area (Å²) in [4.78, 5) is 4.32. The predicted octanol–water partition coefficient (Wildman–Crippen LogP) is 2.59. The van der Waals surface area contributed by atoms with Gasteiger partial charge in [-0.1, -0.05) is 6.07 Å². The molecule has 1 aromatic heterocycles. The van der Waals surface area contributed by atoms with Crippen LogP contribution >= 0.6 is 11.8 Å². The van der Waals surface area contributed by atoms with Crippen LogP contribution < -0.4 is 11.3 Å². The highest BCUT2D eigenvalue weighted by molar-refractivity contribution is 7.99. The van der Waals surface area contributed by atoms with Crippen molar-refractivity contribution in [1.29, 1.82) is 0 Å². The fourth-order valence-electron chi connectivity index (χ4n) is 3.69. The summed E-state index contributed by atoms with van der Waals surface area (Å²) in [7, 11) is 0. The lowest BCUT2D eigenvalue weighted by atomic mass is 9.77. The van der Waals surface area contributed by atoms with E-state index in [9.17, 15) is 0 Å². The molecule has 5 heteroatoms. The fraction of sp³-hybridized carbons (Fsp3) is 0.688. The molecule has 2 fully saturated rings. The third-order valence-electron chi connectivity index (χ3n) is 4.84. The number of nitrogens with zero attached hydrogens (tertiary/aromatic N) is 1. The first-order valence-corrected chi connectivity index (χ1v) is 8.97. The highest BCUT2D eigenvalue weighted by Gasteiger charge is 2.41.